The molecule has 1 aliphatic carbocycles. The first-order valence-electron chi connectivity index (χ1n) is 7.26. The van der Waals surface area contributed by atoms with Gasteiger partial charge in [-0.25, -0.2) is 0 Å². The minimum atomic E-state index is 0.111. The summed E-state index contributed by atoms with van der Waals surface area (Å²) >= 11 is 0. The molecule has 2 rings (SSSR count). The zero-order valence-electron chi connectivity index (χ0n) is 12.5. The van der Waals surface area contributed by atoms with E-state index in [4.69, 9.17) is 4.74 Å². The molecule has 0 aliphatic heterocycles. The van der Waals surface area contributed by atoms with Crippen LogP contribution in [-0.2, 0) is 11.8 Å². The Kier molecular flexibility index (Phi) is 4.46. The van der Waals surface area contributed by atoms with Crippen LogP contribution in [0.5, 0.6) is 0 Å². The Morgan fingerprint density at radius 1 is 1.42 bits per heavy atom. The maximum absolute atomic E-state index is 12.2. The second-order valence-electron chi connectivity index (χ2n) is 5.97. The van der Waals surface area contributed by atoms with E-state index in [2.05, 4.69) is 11.5 Å². The molecule has 0 aromatic carbocycles. The summed E-state index contributed by atoms with van der Waals surface area (Å²) in [6, 6.07) is 1.96. The van der Waals surface area contributed by atoms with Crippen molar-refractivity contribution in [3.63, 3.8) is 0 Å². The topological polar surface area (TPSA) is 31.2 Å². The Bertz CT molecular complexity index is 462. The molecule has 19 heavy (non-hydrogen) atoms. The summed E-state index contributed by atoms with van der Waals surface area (Å²) in [4.78, 5) is 12.2. The van der Waals surface area contributed by atoms with Gasteiger partial charge in [-0.15, -0.1) is 0 Å². The predicted molar refractivity (Wildman–Crippen MR) is 76.6 cm³/mol. The normalized spacial score (nSPS) is 23.6. The molecule has 0 amide bonds. The fourth-order valence-electron chi connectivity index (χ4n) is 2.94. The van der Waals surface area contributed by atoms with Crippen LogP contribution in [0.25, 0.3) is 0 Å². The van der Waals surface area contributed by atoms with Gasteiger partial charge in [0, 0.05) is 24.0 Å². The molecule has 1 saturated carbocycles. The highest BCUT2D eigenvalue weighted by Crippen LogP contribution is 2.26. The van der Waals surface area contributed by atoms with Gasteiger partial charge in [-0.1, -0.05) is 19.8 Å². The highest BCUT2D eigenvalue weighted by Gasteiger charge is 2.21. The van der Waals surface area contributed by atoms with Gasteiger partial charge < -0.3 is 9.30 Å². The smallest absolute Gasteiger partial charge is 0.190 e. The molecule has 0 N–H and O–H groups in total. The lowest BCUT2D eigenvalue weighted by Crippen LogP contribution is -2.24. The first-order valence-corrected chi connectivity index (χ1v) is 7.26. The number of nitrogens with zero attached hydrogens (tertiary/aromatic N) is 1. The van der Waals surface area contributed by atoms with Crippen LogP contribution in [0.1, 0.15) is 54.4 Å². The SMILES string of the molecule is Cc1cc(C(=O)COC2CCCC(C)C2)c(C)n1C. The highest BCUT2D eigenvalue weighted by molar-refractivity contribution is 5.98. The second kappa shape index (κ2) is 5.91. The average Bonchev–Trinajstić information content (AvgIpc) is 2.64. The van der Waals surface area contributed by atoms with E-state index in [0.717, 1.165) is 35.7 Å². The minimum Gasteiger partial charge on any atom is -0.370 e. The largest absolute Gasteiger partial charge is 0.370 e. The van der Waals surface area contributed by atoms with Gasteiger partial charge >= 0.3 is 0 Å². The molecule has 1 aliphatic rings. The molecule has 3 heteroatoms. The van der Waals surface area contributed by atoms with Crippen molar-refractivity contribution in [2.75, 3.05) is 6.61 Å². The maximum Gasteiger partial charge on any atom is 0.190 e. The molecule has 3 nitrogen and oxygen atoms in total. The summed E-state index contributed by atoms with van der Waals surface area (Å²) < 4.78 is 7.87. The molecule has 0 radical (unpaired) electrons. The highest BCUT2D eigenvalue weighted by atomic mass is 16.5. The van der Waals surface area contributed by atoms with E-state index in [9.17, 15) is 4.79 Å². The molecular weight excluding hydrogens is 238 g/mol. The van der Waals surface area contributed by atoms with Crippen molar-refractivity contribution in [1.29, 1.82) is 0 Å². The Labute approximate surface area is 115 Å². The monoisotopic (exact) mass is 263 g/mol. The number of aromatic nitrogens is 1. The first kappa shape index (κ1) is 14.3. The number of Topliss-reactive ketones (excluding diaryl/α,β-unsaturated/α-hetero) is 1. The van der Waals surface area contributed by atoms with E-state index in [1.165, 1.54) is 12.8 Å². The van der Waals surface area contributed by atoms with Gasteiger partial charge in [0.15, 0.2) is 5.78 Å². The molecular formula is C16H25NO2. The van der Waals surface area contributed by atoms with E-state index in [0.29, 0.717) is 0 Å². The fraction of sp³-hybridized carbons (Fsp3) is 0.688. The third kappa shape index (κ3) is 3.27. The van der Waals surface area contributed by atoms with Crippen LogP contribution in [0.15, 0.2) is 6.07 Å². The van der Waals surface area contributed by atoms with Crippen molar-refractivity contribution in [3.8, 4) is 0 Å². The van der Waals surface area contributed by atoms with Gasteiger partial charge in [0.25, 0.3) is 0 Å². The Morgan fingerprint density at radius 3 is 2.74 bits per heavy atom. The van der Waals surface area contributed by atoms with E-state index in [1.54, 1.807) is 0 Å². The summed E-state index contributed by atoms with van der Waals surface area (Å²) in [6.45, 7) is 6.50. The molecule has 0 spiro atoms. The van der Waals surface area contributed by atoms with Crippen LogP contribution in [0.4, 0.5) is 0 Å². The Balaban J connectivity index is 1.92. The van der Waals surface area contributed by atoms with Crippen molar-refractivity contribution >= 4 is 5.78 Å². The van der Waals surface area contributed by atoms with Crippen molar-refractivity contribution in [3.05, 3.63) is 23.0 Å². The lowest BCUT2D eigenvalue weighted by atomic mass is 9.89. The lowest BCUT2D eigenvalue weighted by molar-refractivity contribution is 0.0182. The molecule has 1 aromatic heterocycles. The fourth-order valence-corrected chi connectivity index (χ4v) is 2.94. The summed E-state index contributed by atoms with van der Waals surface area (Å²) in [7, 11) is 1.99. The summed E-state index contributed by atoms with van der Waals surface area (Å²) in [5, 5.41) is 0. The summed E-state index contributed by atoms with van der Waals surface area (Å²) in [6.07, 6.45) is 5.00. The van der Waals surface area contributed by atoms with Crippen LogP contribution in [-0.4, -0.2) is 23.1 Å². The number of ether oxygens (including phenoxy) is 1. The quantitative estimate of drug-likeness (QED) is 0.779. The average molecular weight is 263 g/mol. The van der Waals surface area contributed by atoms with Crippen LogP contribution in [0, 0.1) is 19.8 Å². The van der Waals surface area contributed by atoms with Gasteiger partial charge in [0.2, 0.25) is 0 Å². The van der Waals surface area contributed by atoms with E-state index >= 15 is 0 Å². The third-order valence-corrected chi connectivity index (χ3v) is 4.41. The maximum atomic E-state index is 12.2. The van der Waals surface area contributed by atoms with Crippen LogP contribution >= 0.6 is 0 Å². The molecule has 1 heterocycles. The third-order valence-electron chi connectivity index (χ3n) is 4.41. The standard InChI is InChI=1S/C16H25NO2/c1-11-6-5-7-14(8-11)19-10-16(18)15-9-12(2)17(4)13(15)3/h9,11,14H,5-8,10H2,1-4H3. The van der Waals surface area contributed by atoms with Crippen molar-refractivity contribution in [1.82, 2.24) is 4.57 Å². The first-order chi connectivity index (χ1) is 8.99. The van der Waals surface area contributed by atoms with Gasteiger partial charge in [0.1, 0.15) is 6.61 Å². The minimum absolute atomic E-state index is 0.111. The number of ketones is 1. The van der Waals surface area contributed by atoms with Gasteiger partial charge in [-0.2, -0.15) is 0 Å². The Morgan fingerprint density at radius 2 is 2.16 bits per heavy atom. The molecule has 1 aromatic rings. The molecule has 1 fully saturated rings. The molecule has 106 valence electrons. The number of hydrogen-bond donors (Lipinski definition) is 0. The summed E-state index contributed by atoms with van der Waals surface area (Å²) in [5.41, 5.74) is 2.96. The Hall–Kier alpha value is -1.09. The molecule has 0 saturated heterocycles. The van der Waals surface area contributed by atoms with Crippen LogP contribution in [0.3, 0.4) is 0 Å². The number of rotatable bonds is 4. The predicted octanol–water partition coefficient (Wildman–Crippen LogP) is 3.42. The number of aryl methyl sites for hydroxylation is 1. The number of carbonyl (C=O) groups excluding carboxylic acids is 1. The van der Waals surface area contributed by atoms with Gasteiger partial charge in [0.05, 0.1) is 6.10 Å². The van der Waals surface area contributed by atoms with Crippen molar-refractivity contribution in [2.24, 2.45) is 13.0 Å². The molecule has 2 unspecified atom stereocenters. The van der Waals surface area contributed by atoms with E-state index < -0.39 is 0 Å². The summed E-state index contributed by atoms with van der Waals surface area (Å²) in [5.74, 6) is 0.842. The van der Waals surface area contributed by atoms with E-state index in [-0.39, 0.29) is 18.5 Å². The molecule has 2 atom stereocenters. The number of carbonyl (C=O) groups is 1. The number of hydrogen-bond acceptors (Lipinski definition) is 2. The van der Waals surface area contributed by atoms with E-state index in [1.807, 2.05) is 27.0 Å². The molecule has 0 bridgehead atoms. The zero-order chi connectivity index (χ0) is 14.0. The van der Waals surface area contributed by atoms with Crippen LogP contribution < -0.4 is 0 Å². The second-order valence-corrected chi connectivity index (χ2v) is 5.97. The lowest BCUT2D eigenvalue weighted by Gasteiger charge is -2.26. The van der Waals surface area contributed by atoms with Crippen molar-refractivity contribution in [2.45, 2.75) is 52.6 Å². The zero-order valence-corrected chi connectivity index (χ0v) is 12.5. The van der Waals surface area contributed by atoms with Gasteiger partial charge in [-0.3, -0.25) is 4.79 Å². The van der Waals surface area contributed by atoms with Crippen molar-refractivity contribution < 1.29 is 9.53 Å². The van der Waals surface area contributed by atoms with Crippen LogP contribution in [0.2, 0.25) is 0 Å². The van der Waals surface area contributed by atoms with Gasteiger partial charge in [-0.05, 0) is 38.7 Å².